The Morgan fingerprint density at radius 3 is 2.28 bits per heavy atom. The van der Waals surface area contributed by atoms with Gasteiger partial charge in [0.15, 0.2) is 5.96 Å². The van der Waals surface area contributed by atoms with Crippen LogP contribution in [0, 0.1) is 0 Å². The number of aromatic amines is 2. The third kappa shape index (κ3) is 8.53. The van der Waals surface area contributed by atoms with Crippen molar-refractivity contribution in [3.8, 4) is 0 Å². The molecule has 1 saturated heterocycles. The number of carboxylic acids is 1. The Morgan fingerprint density at radius 1 is 1.05 bits per heavy atom. The molecule has 3 amide bonds. The summed E-state index contributed by atoms with van der Waals surface area (Å²) in [6.45, 7) is 0.471. The van der Waals surface area contributed by atoms with E-state index >= 15 is 0 Å². The number of amides is 3. The number of nitrogens with two attached hydrogens (primary N) is 3. The van der Waals surface area contributed by atoms with Gasteiger partial charge in [0.25, 0.3) is 0 Å². The number of aromatic nitrogens is 4. The van der Waals surface area contributed by atoms with Crippen molar-refractivity contribution in [3.05, 3.63) is 36.4 Å². The Bertz CT molecular complexity index is 1130. The number of carbonyl (C=O) groups is 4. The van der Waals surface area contributed by atoms with E-state index in [9.17, 15) is 24.3 Å². The third-order valence-electron chi connectivity index (χ3n) is 6.32. The maximum atomic E-state index is 13.4. The zero-order chi connectivity index (χ0) is 28.4. The summed E-state index contributed by atoms with van der Waals surface area (Å²) in [5, 5.41) is 14.9. The second kappa shape index (κ2) is 13.9. The molecule has 0 aliphatic carbocycles. The van der Waals surface area contributed by atoms with Crippen LogP contribution in [0.3, 0.4) is 0 Å². The lowest BCUT2D eigenvalue weighted by molar-refractivity contribution is -0.149. The van der Waals surface area contributed by atoms with Gasteiger partial charge in [0, 0.05) is 49.7 Å². The lowest BCUT2D eigenvalue weighted by atomic mass is 10.1. The van der Waals surface area contributed by atoms with Crippen LogP contribution in [0.25, 0.3) is 0 Å². The molecule has 1 aliphatic rings. The van der Waals surface area contributed by atoms with Crippen LogP contribution in [0.5, 0.6) is 0 Å². The average Bonchev–Trinajstić information content (AvgIpc) is 3.67. The summed E-state index contributed by atoms with van der Waals surface area (Å²) in [6.07, 6.45) is 7.51. The van der Waals surface area contributed by atoms with E-state index in [1.54, 1.807) is 6.20 Å². The number of carbonyl (C=O) groups excluding carboxylic acids is 3. The van der Waals surface area contributed by atoms with Gasteiger partial charge in [0.1, 0.15) is 18.1 Å². The number of nitrogens with one attached hydrogen (secondary N) is 4. The van der Waals surface area contributed by atoms with E-state index in [4.69, 9.17) is 17.2 Å². The monoisotopic (exact) mass is 545 g/mol. The van der Waals surface area contributed by atoms with Crippen LogP contribution in [-0.2, 0) is 32.0 Å². The molecular formula is C23H35N11O5. The maximum Gasteiger partial charge on any atom is 0.326 e. The summed E-state index contributed by atoms with van der Waals surface area (Å²) >= 11 is 0. The number of aliphatic carboxylic acids is 1. The lowest BCUT2D eigenvalue weighted by Crippen LogP contribution is -2.57. The zero-order valence-electron chi connectivity index (χ0n) is 21.4. The third-order valence-corrected chi connectivity index (χ3v) is 6.32. The second-order valence-electron chi connectivity index (χ2n) is 9.27. The van der Waals surface area contributed by atoms with Crippen molar-refractivity contribution in [3.63, 3.8) is 0 Å². The second-order valence-corrected chi connectivity index (χ2v) is 9.27. The number of likely N-dealkylation sites (tertiary alicyclic amines) is 1. The number of hydrogen-bond donors (Lipinski definition) is 8. The van der Waals surface area contributed by atoms with Gasteiger partial charge in [-0.3, -0.25) is 19.4 Å². The van der Waals surface area contributed by atoms with Gasteiger partial charge in [0.05, 0.1) is 18.7 Å². The Labute approximate surface area is 224 Å². The largest absolute Gasteiger partial charge is 0.480 e. The molecule has 0 spiro atoms. The summed E-state index contributed by atoms with van der Waals surface area (Å²) in [5.74, 6) is -2.96. The molecule has 2 aromatic heterocycles. The molecule has 1 fully saturated rings. The highest BCUT2D eigenvalue weighted by molar-refractivity contribution is 5.94. The molecule has 0 bridgehead atoms. The number of hydrogen-bond acceptors (Lipinski definition) is 8. The van der Waals surface area contributed by atoms with Crippen molar-refractivity contribution >= 4 is 29.7 Å². The molecular weight excluding hydrogens is 510 g/mol. The highest BCUT2D eigenvalue weighted by Crippen LogP contribution is 2.19. The quantitative estimate of drug-likeness (QED) is 0.0693. The number of nitrogens with zero attached hydrogens (tertiary/aromatic N) is 4. The van der Waals surface area contributed by atoms with Crippen molar-refractivity contribution in [2.45, 2.75) is 62.7 Å². The smallest absolute Gasteiger partial charge is 0.326 e. The summed E-state index contributed by atoms with van der Waals surface area (Å²) in [6, 6.07) is -4.12. The van der Waals surface area contributed by atoms with Crippen LogP contribution < -0.4 is 27.8 Å². The lowest BCUT2D eigenvalue weighted by Gasteiger charge is -2.29. The van der Waals surface area contributed by atoms with Gasteiger partial charge in [-0.1, -0.05) is 0 Å². The van der Waals surface area contributed by atoms with Crippen molar-refractivity contribution in [2.24, 2.45) is 22.2 Å². The highest BCUT2D eigenvalue weighted by Gasteiger charge is 2.38. The van der Waals surface area contributed by atoms with Crippen LogP contribution in [0.2, 0.25) is 0 Å². The van der Waals surface area contributed by atoms with Gasteiger partial charge in [-0.2, -0.15) is 0 Å². The number of rotatable bonds is 14. The van der Waals surface area contributed by atoms with Crippen molar-refractivity contribution in [1.82, 2.24) is 35.5 Å². The van der Waals surface area contributed by atoms with Crippen LogP contribution in [0.1, 0.15) is 37.1 Å². The van der Waals surface area contributed by atoms with Gasteiger partial charge in [-0.05, 0) is 25.7 Å². The average molecular weight is 546 g/mol. The van der Waals surface area contributed by atoms with Crippen LogP contribution in [-0.4, -0.2) is 96.8 Å². The molecule has 212 valence electrons. The fourth-order valence-corrected chi connectivity index (χ4v) is 4.35. The van der Waals surface area contributed by atoms with Crippen molar-refractivity contribution < 1.29 is 24.3 Å². The van der Waals surface area contributed by atoms with Gasteiger partial charge in [-0.15, -0.1) is 0 Å². The van der Waals surface area contributed by atoms with E-state index in [2.05, 4.69) is 35.6 Å². The molecule has 0 radical (unpaired) electrons. The highest BCUT2D eigenvalue weighted by atomic mass is 16.4. The fraction of sp³-hybridized carbons (Fsp3) is 0.522. The molecule has 3 heterocycles. The maximum absolute atomic E-state index is 13.4. The molecule has 39 heavy (non-hydrogen) atoms. The predicted octanol–water partition coefficient (Wildman–Crippen LogP) is -2.66. The Hall–Kier alpha value is -4.47. The number of guanidine groups is 1. The Kier molecular flexibility index (Phi) is 10.4. The normalized spacial score (nSPS) is 17.2. The van der Waals surface area contributed by atoms with Gasteiger partial charge in [0.2, 0.25) is 17.7 Å². The van der Waals surface area contributed by atoms with E-state index < -0.39 is 47.9 Å². The zero-order valence-corrected chi connectivity index (χ0v) is 21.4. The topological polar surface area (TPSA) is 264 Å². The molecule has 0 aromatic carbocycles. The Morgan fingerprint density at radius 2 is 1.69 bits per heavy atom. The first-order valence-corrected chi connectivity index (χ1v) is 12.5. The first-order chi connectivity index (χ1) is 18.7. The minimum Gasteiger partial charge on any atom is -0.480 e. The van der Waals surface area contributed by atoms with E-state index in [0.29, 0.717) is 30.7 Å². The van der Waals surface area contributed by atoms with Crippen LogP contribution in [0.15, 0.2) is 30.0 Å². The minimum atomic E-state index is -1.11. The first-order valence-electron chi connectivity index (χ1n) is 12.5. The minimum absolute atomic E-state index is 0.0431. The fourth-order valence-electron chi connectivity index (χ4n) is 4.35. The molecule has 3 rings (SSSR count). The number of imidazole rings is 2. The summed E-state index contributed by atoms with van der Waals surface area (Å²) in [7, 11) is 0. The van der Waals surface area contributed by atoms with E-state index in [1.165, 1.54) is 23.8 Å². The van der Waals surface area contributed by atoms with Gasteiger partial charge >= 0.3 is 5.97 Å². The van der Waals surface area contributed by atoms with Gasteiger partial charge in [-0.25, -0.2) is 14.8 Å². The molecule has 2 aromatic rings. The first kappa shape index (κ1) is 29.1. The number of aliphatic imine (C=N–C) groups is 1. The summed E-state index contributed by atoms with van der Waals surface area (Å²) < 4.78 is 0. The number of H-pyrrole nitrogens is 2. The molecule has 4 unspecified atom stereocenters. The number of carboxylic acid groups (broad SMARTS) is 1. The van der Waals surface area contributed by atoms with Gasteiger partial charge < -0.3 is 47.8 Å². The van der Waals surface area contributed by atoms with E-state index in [1.807, 2.05) is 0 Å². The van der Waals surface area contributed by atoms with Crippen molar-refractivity contribution in [2.75, 3.05) is 13.1 Å². The van der Waals surface area contributed by atoms with E-state index in [0.717, 1.165) is 0 Å². The molecule has 1 aliphatic heterocycles. The molecule has 16 heteroatoms. The van der Waals surface area contributed by atoms with E-state index in [-0.39, 0.29) is 38.3 Å². The molecule has 4 atom stereocenters. The van der Waals surface area contributed by atoms with Crippen molar-refractivity contribution in [1.29, 1.82) is 0 Å². The van der Waals surface area contributed by atoms with Crippen LogP contribution >= 0.6 is 0 Å². The SMILES string of the molecule is NC(N)=NCCCC(NC(=O)C(N)Cc1cnc[nH]1)C(=O)NC(Cc1cnc[nH]1)C(=O)N1CCCC1C(=O)O. The standard InChI is InChI=1S/C23H35N11O5/c24-15(7-13-9-27-11-30-13)19(35)32-16(3-1-5-29-23(25)26)20(36)33-17(8-14-10-28-12-31-14)21(37)34-6-2-4-18(34)22(38)39/h9-12,15-18H,1-8,24H2,(H,27,30)(H,28,31)(H,32,35)(H,33,36)(H,38,39)(H4,25,26,29). The molecule has 16 nitrogen and oxygen atoms in total. The summed E-state index contributed by atoms with van der Waals surface area (Å²) in [4.78, 5) is 70.2. The Balaban J connectivity index is 1.75. The molecule has 0 saturated carbocycles. The summed E-state index contributed by atoms with van der Waals surface area (Å²) in [5.41, 5.74) is 18.0. The predicted molar refractivity (Wildman–Crippen MR) is 139 cm³/mol. The molecule has 11 N–H and O–H groups in total. The van der Waals surface area contributed by atoms with Crippen LogP contribution in [0.4, 0.5) is 0 Å².